The van der Waals surface area contributed by atoms with E-state index in [0.717, 1.165) is 6.42 Å². The number of allylic oxidation sites excluding steroid dienone is 1. The molecular weight excluding hydrogens is 365 g/mol. The quantitative estimate of drug-likeness (QED) is 0.593. The minimum absolute atomic E-state index is 0.00189. The third-order valence-corrected chi connectivity index (χ3v) is 5.09. The Hall–Kier alpha value is -2.11. The Bertz CT molecular complexity index is 840. The number of hydrogen-bond donors (Lipinski definition) is 0. The van der Waals surface area contributed by atoms with Gasteiger partial charge in [0.05, 0.1) is 19.3 Å². The molecule has 150 valence electrons. The molecule has 3 rings (SSSR count). The highest BCUT2D eigenvalue weighted by atomic mass is 19.2. The Morgan fingerprint density at radius 2 is 1.93 bits per heavy atom. The number of benzene rings is 2. The van der Waals surface area contributed by atoms with Crippen LogP contribution in [0, 0.1) is 17.5 Å². The number of rotatable bonds is 6. The van der Waals surface area contributed by atoms with Crippen LogP contribution in [0.15, 0.2) is 36.4 Å². The lowest BCUT2D eigenvalue weighted by atomic mass is 9.89. The lowest BCUT2D eigenvalue weighted by Crippen LogP contribution is -2.29. The van der Waals surface area contributed by atoms with Crippen LogP contribution in [0.3, 0.4) is 0 Å². The zero-order valence-electron chi connectivity index (χ0n) is 16.2. The number of hydrogen-bond acceptors (Lipinski definition) is 2. The molecule has 0 aromatic heterocycles. The molecule has 0 saturated carbocycles. The Balaban J connectivity index is 1.79. The predicted octanol–water partition coefficient (Wildman–Crippen LogP) is 6.10. The van der Waals surface area contributed by atoms with E-state index >= 15 is 0 Å². The molecular formula is C23H25F3O2. The Morgan fingerprint density at radius 1 is 1.11 bits per heavy atom. The molecule has 0 amide bonds. The van der Waals surface area contributed by atoms with Crippen LogP contribution in [-0.4, -0.2) is 25.9 Å². The van der Waals surface area contributed by atoms with Crippen molar-refractivity contribution in [2.45, 2.75) is 38.7 Å². The van der Waals surface area contributed by atoms with Crippen molar-refractivity contribution in [2.75, 3.05) is 19.8 Å². The van der Waals surface area contributed by atoms with Crippen LogP contribution in [-0.2, 0) is 9.47 Å². The summed E-state index contributed by atoms with van der Waals surface area (Å²) < 4.78 is 54.8. The second kappa shape index (κ2) is 9.39. The summed E-state index contributed by atoms with van der Waals surface area (Å²) in [7, 11) is 0. The molecule has 1 saturated heterocycles. The molecule has 0 bridgehead atoms. The van der Waals surface area contributed by atoms with E-state index in [2.05, 4.69) is 0 Å². The molecule has 1 aliphatic rings. The van der Waals surface area contributed by atoms with Gasteiger partial charge in [0.2, 0.25) is 0 Å². The first kappa shape index (κ1) is 20.6. The van der Waals surface area contributed by atoms with Crippen molar-refractivity contribution in [3.63, 3.8) is 0 Å². The molecule has 1 aliphatic heterocycles. The van der Waals surface area contributed by atoms with Crippen molar-refractivity contribution >= 4 is 6.08 Å². The maximum Gasteiger partial charge on any atom is 0.166 e. The fraction of sp³-hybridized carbons (Fsp3) is 0.391. The summed E-state index contributed by atoms with van der Waals surface area (Å²) in [5.74, 6) is -2.50. The molecule has 0 N–H and O–H groups in total. The van der Waals surface area contributed by atoms with E-state index in [-0.39, 0.29) is 17.6 Å². The van der Waals surface area contributed by atoms with Gasteiger partial charge in [-0.1, -0.05) is 36.4 Å². The SMILES string of the molecule is C/C=C/c1ccc(-c2ccc(C3CCC(COCC)OC3)c(F)c2F)cc1F. The molecule has 2 unspecified atom stereocenters. The summed E-state index contributed by atoms with van der Waals surface area (Å²) >= 11 is 0. The van der Waals surface area contributed by atoms with Crippen molar-refractivity contribution in [3.8, 4) is 11.1 Å². The van der Waals surface area contributed by atoms with Crippen LogP contribution in [0.2, 0.25) is 0 Å². The summed E-state index contributed by atoms with van der Waals surface area (Å²) in [5.41, 5.74) is 1.08. The smallest absolute Gasteiger partial charge is 0.166 e. The van der Waals surface area contributed by atoms with Crippen molar-refractivity contribution in [1.29, 1.82) is 0 Å². The van der Waals surface area contributed by atoms with Crippen LogP contribution >= 0.6 is 0 Å². The summed E-state index contributed by atoms with van der Waals surface area (Å²) in [5, 5.41) is 0. The second-order valence-electron chi connectivity index (χ2n) is 6.96. The van der Waals surface area contributed by atoms with Crippen LogP contribution in [0.1, 0.15) is 43.7 Å². The Morgan fingerprint density at radius 3 is 2.57 bits per heavy atom. The van der Waals surface area contributed by atoms with Gasteiger partial charge >= 0.3 is 0 Å². The third-order valence-electron chi connectivity index (χ3n) is 5.09. The minimum atomic E-state index is -0.952. The van der Waals surface area contributed by atoms with Crippen LogP contribution in [0.25, 0.3) is 17.2 Å². The van der Waals surface area contributed by atoms with Crippen molar-refractivity contribution < 1.29 is 22.6 Å². The van der Waals surface area contributed by atoms with Crippen molar-refractivity contribution in [1.82, 2.24) is 0 Å². The van der Waals surface area contributed by atoms with Gasteiger partial charge in [-0.05, 0) is 43.9 Å². The lowest BCUT2D eigenvalue weighted by Gasteiger charge is -2.29. The molecule has 2 aromatic rings. The van der Waals surface area contributed by atoms with E-state index in [1.807, 2.05) is 6.92 Å². The predicted molar refractivity (Wildman–Crippen MR) is 105 cm³/mol. The van der Waals surface area contributed by atoms with Gasteiger partial charge in [0.1, 0.15) is 5.82 Å². The Kier molecular flexibility index (Phi) is 6.92. The van der Waals surface area contributed by atoms with Gasteiger partial charge in [-0.3, -0.25) is 0 Å². The molecule has 28 heavy (non-hydrogen) atoms. The summed E-state index contributed by atoms with van der Waals surface area (Å²) in [4.78, 5) is 0. The highest BCUT2D eigenvalue weighted by molar-refractivity contribution is 5.67. The van der Waals surface area contributed by atoms with Gasteiger partial charge in [0.25, 0.3) is 0 Å². The van der Waals surface area contributed by atoms with Gasteiger partial charge in [-0.25, -0.2) is 13.2 Å². The van der Waals surface area contributed by atoms with Crippen molar-refractivity contribution in [2.24, 2.45) is 0 Å². The number of halogens is 3. The first-order valence-corrected chi connectivity index (χ1v) is 9.65. The second-order valence-corrected chi connectivity index (χ2v) is 6.96. The van der Waals surface area contributed by atoms with E-state index < -0.39 is 17.5 Å². The summed E-state index contributed by atoms with van der Waals surface area (Å²) in [6, 6.07) is 7.49. The average Bonchev–Trinajstić information content (AvgIpc) is 2.71. The van der Waals surface area contributed by atoms with Gasteiger partial charge in [0.15, 0.2) is 11.6 Å². The third kappa shape index (κ3) is 4.47. The summed E-state index contributed by atoms with van der Waals surface area (Å²) in [6.45, 7) is 5.19. The molecule has 2 atom stereocenters. The highest BCUT2D eigenvalue weighted by Crippen LogP contribution is 2.34. The zero-order chi connectivity index (χ0) is 20.1. The fourth-order valence-electron chi connectivity index (χ4n) is 3.54. The van der Waals surface area contributed by atoms with Gasteiger partial charge in [-0.2, -0.15) is 0 Å². The molecule has 0 aliphatic carbocycles. The van der Waals surface area contributed by atoms with Gasteiger partial charge in [-0.15, -0.1) is 0 Å². The standard InChI is InChI=1S/C23H25F3O2/c1-3-5-15-6-7-16(12-21(15)24)19-10-11-20(23(26)22(19)25)17-8-9-18(28-13-17)14-27-4-2/h3,5-7,10-12,17-18H,4,8-9,13-14H2,1-2H3/b5-3+. The fourth-order valence-corrected chi connectivity index (χ4v) is 3.54. The van der Waals surface area contributed by atoms with E-state index in [9.17, 15) is 13.2 Å². The van der Waals surface area contributed by atoms with Gasteiger partial charge in [0, 0.05) is 23.7 Å². The molecule has 0 radical (unpaired) electrons. The van der Waals surface area contributed by atoms with Crippen LogP contribution in [0.4, 0.5) is 13.2 Å². The van der Waals surface area contributed by atoms with Crippen LogP contribution in [0.5, 0.6) is 0 Å². The van der Waals surface area contributed by atoms with Crippen molar-refractivity contribution in [3.05, 3.63) is 65.0 Å². The summed E-state index contributed by atoms with van der Waals surface area (Å²) in [6.07, 6.45) is 4.80. The molecule has 5 heteroatoms. The van der Waals surface area contributed by atoms with E-state index in [4.69, 9.17) is 9.47 Å². The Labute approximate surface area is 164 Å². The molecule has 1 fully saturated rings. The topological polar surface area (TPSA) is 18.5 Å². The monoisotopic (exact) mass is 390 g/mol. The van der Waals surface area contributed by atoms with Gasteiger partial charge < -0.3 is 9.47 Å². The maximum atomic E-state index is 14.8. The largest absolute Gasteiger partial charge is 0.379 e. The normalized spacial score (nSPS) is 20.0. The maximum absolute atomic E-state index is 14.8. The molecule has 0 spiro atoms. The first-order chi connectivity index (χ1) is 13.5. The molecule has 1 heterocycles. The number of ether oxygens (including phenoxy) is 2. The average molecular weight is 390 g/mol. The zero-order valence-corrected chi connectivity index (χ0v) is 16.2. The first-order valence-electron chi connectivity index (χ1n) is 9.65. The molecule has 2 aromatic carbocycles. The van der Waals surface area contributed by atoms with E-state index in [0.29, 0.717) is 42.9 Å². The van der Waals surface area contributed by atoms with E-state index in [1.165, 1.54) is 12.1 Å². The molecule has 2 nitrogen and oxygen atoms in total. The highest BCUT2D eigenvalue weighted by Gasteiger charge is 2.27. The minimum Gasteiger partial charge on any atom is -0.379 e. The van der Waals surface area contributed by atoms with Crippen LogP contribution < -0.4 is 0 Å². The van der Waals surface area contributed by atoms with E-state index in [1.54, 1.807) is 37.3 Å². The lowest BCUT2D eigenvalue weighted by molar-refractivity contribution is -0.0464.